The Kier molecular flexibility index (Phi) is 7.80. The van der Waals surface area contributed by atoms with Gasteiger partial charge in [-0.2, -0.15) is 8.42 Å². The van der Waals surface area contributed by atoms with Crippen molar-refractivity contribution in [3.05, 3.63) is 71.3 Å². The molecule has 0 radical (unpaired) electrons. The van der Waals surface area contributed by atoms with Crippen LogP contribution in [0, 0.1) is 0 Å². The van der Waals surface area contributed by atoms with Crippen LogP contribution >= 0.6 is 7.60 Å². The fraction of sp³-hybridized carbons (Fsp3) is 0.300. The highest BCUT2D eigenvalue weighted by Gasteiger charge is 2.40. The molecule has 29 heavy (non-hydrogen) atoms. The zero-order chi connectivity index (χ0) is 21.7. The van der Waals surface area contributed by atoms with Crippen LogP contribution in [0.3, 0.4) is 0 Å². The van der Waals surface area contributed by atoms with Gasteiger partial charge in [0.15, 0.2) is 4.99 Å². The maximum atomic E-state index is 11.5. The van der Waals surface area contributed by atoms with Crippen molar-refractivity contribution in [3.8, 4) is 5.75 Å². The Morgan fingerprint density at radius 3 is 2.28 bits per heavy atom. The van der Waals surface area contributed by atoms with Crippen LogP contribution in [-0.4, -0.2) is 27.7 Å². The van der Waals surface area contributed by atoms with Gasteiger partial charge in [-0.25, -0.2) is 0 Å². The van der Waals surface area contributed by atoms with Gasteiger partial charge in [0, 0.05) is 0 Å². The fourth-order valence-corrected chi connectivity index (χ4v) is 5.23. The van der Waals surface area contributed by atoms with E-state index in [0.717, 1.165) is 16.7 Å². The Balaban J connectivity index is 2.30. The molecule has 7 nitrogen and oxygen atoms in total. The lowest BCUT2D eigenvalue weighted by atomic mass is 10.0. The van der Waals surface area contributed by atoms with E-state index in [-0.39, 0.29) is 6.42 Å². The fourth-order valence-electron chi connectivity index (χ4n) is 2.92. The third kappa shape index (κ3) is 7.42. The summed E-state index contributed by atoms with van der Waals surface area (Å²) in [5.74, 6) is 0.536. The second kappa shape index (κ2) is 9.69. The standard InChI is InChI=1S/C20H25O7PS/c1-15(2)13-16-7-6-10-18(14-16)27-19(17-8-4-3-5-9-17)11-12-20(28(21,22)23)29(24,25)26/h3-10,13-14,19-20H,11-12H2,1-2H3,(H2,21,22,23)(H,24,25,26). The SMILES string of the molecule is CC(C)=Cc1cccc(OC(CCC(P(=O)(O)O)S(=O)(=O)O)c2ccccc2)c1. The molecule has 0 heterocycles. The summed E-state index contributed by atoms with van der Waals surface area (Å²) < 4.78 is 49.7. The Labute approximate surface area is 171 Å². The van der Waals surface area contributed by atoms with Crippen LogP contribution < -0.4 is 4.74 Å². The summed E-state index contributed by atoms with van der Waals surface area (Å²) in [5.41, 5.74) is 2.76. The van der Waals surface area contributed by atoms with Crippen LogP contribution in [0.15, 0.2) is 60.2 Å². The van der Waals surface area contributed by atoms with E-state index in [4.69, 9.17) is 4.74 Å². The van der Waals surface area contributed by atoms with Gasteiger partial charge in [0.1, 0.15) is 11.9 Å². The van der Waals surface area contributed by atoms with Crippen molar-refractivity contribution in [3.63, 3.8) is 0 Å². The monoisotopic (exact) mass is 440 g/mol. The predicted molar refractivity (Wildman–Crippen MR) is 112 cm³/mol. The molecule has 2 aromatic rings. The zero-order valence-corrected chi connectivity index (χ0v) is 17.9. The van der Waals surface area contributed by atoms with Crippen LogP contribution in [0.25, 0.3) is 6.08 Å². The topological polar surface area (TPSA) is 121 Å². The molecule has 0 aliphatic heterocycles. The minimum Gasteiger partial charge on any atom is -0.486 e. The molecule has 0 bridgehead atoms. The third-order valence-electron chi connectivity index (χ3n) is 4.16. The van der Waals surface area contributed by atoms with Gasteiger partial charge < -0.3 is 14.5 Å². The molecule has 9 heteroatoms. The highest BCUT2D eigenvalue weighted by molar-refractivity contribution is 7.93. The molecule has 2 unspecified atom stereocenters. The van der Waals surface area contributed by atoms with Gasteiger partial charge in [-0.3, -0.25) is 9.12 Å². The summed E-state index contributed by atoms with van der Waals surface area (Å²) in [4.78, 5) is 16.5. The normalized spacial score (nSPS) is 14.1. The molecule has 2 aromatic carbocycles. The van der Waals surface area contributed by atoms with E-state index in [0.29, 0.717) is 5.75 Å². The molecule has 2 rings (SSSR count). The molecule has 0 saturated carbocycles. The van der Waals surface area contributed by atoms with Gasteiger partial charge >= 0.3 is 7.60 Å². The molecule has 0 aliphatic carbocycles. The zero-order valence-electron chi connectivity index (χ0n) is 16.2. The number of hydrogen-bond donors (Lipinski definition) is 3. The first kappa shape index (κ1) is 23.3. The predicted octanol–water partition coefficient (Wildman–Crippen LogP) is 4.40. The van der Waals surface area contributed by atoms with Crippen LogP contribution in [-0.2, 0) is 14.7 Å². The number of benzene rings is 2. The first-order chi connectivity index (χ1) is 13.5. The van der Waals surface area contributed by atoms with Crippen LogP contribution in [0.1, 0.15) is 43.9 Å². The average Bonchev–Trinajstić information content (AvgIpc) is 2.59. The molecule has 0 amide bonds. The molecule has 0 aromatic heterocycles. The van der Waals surface area contributed by atoms with Crippen molar-refractivity contribution in [2.75, 3.05) is 0 Å². The summed E-state index contributed by atoms with van der Waals surface area (Å²) >= 11 is 0. The van der Waals surface area contributed by atoms with E-state index < -0.39 is 35.2 Å². The van der Waals surface area contributed by atoms with Gasteiger partial charge in [0.05, 0.1) is 0 Å². The van der Waals surface area contributed by atoms with Gasteiger partial charge in [0.25, 0.3) is 10.1 Å². The summed E-state index contributed by atoms with van der Waals surface area (Å²) in [6, 6.07) is 16.3. The molecule has 0 fully saturated rings. The average molecular weight is 440 g/mol. The van der Waals surface area contributed by atoms with E-state index in [9.17, 15) is 27.3 Å². The first-order valence-electron chi connectivity index (χ1n) is 8.95. The first-order valence-corrected chi connectivity index (χ1v) is 12.1. The van der Waals surface area contributed by atoms with Crippen molar-refractivity contribution in [1.82, 2.24) is 0 Å². The largest absolute Gasteiger partial charge is 0.486 e. The Morgan fingerprint density at radius 1 is 1.07 bits per heavy atom. The number of rotatable bonds is 9. The smallest absolute Gasteiger partial charge is 0.346 e. The number of hydrogen-bond acceptors (Lipinski definition) is 4. The van der Waals surface area contributed by atoms with Gasteiger partial charge in [-0.1, -0.05) is 54.1 Å². The number of ether oxygens (including phenoxy) is 1. The van der Waals surface area contributed by atoms with E-state index >= 15 is 0 Å². The molecule has 2 atom stereocenters. The second-order valence-electron chi connectivity index (χ2n) is 6.95. The summed E-state index contributed by atoms with van der Waals surface area (Å²) in [7, 11) is -9.97. The molecule has 0 spiro atoms. The van der Waals surface area contributed by atoms with E-state index in [2.05, 4.69) is 0 Å². The Hall–Kier alpha value is -1.96. The van der Waals surface area contributed by atoms with Crippen molar-refractivity contribution in [1.29, 1.82) is 0 Å². The van der Waals surface area contributed by atoms with Gasteiger partial charge in [-0.15, -0.1) is 0 Å². The van der Waals surface area contributed by atoms with Crippen molar-refractivity contribution in [2.45, 2.75) is 37.8 Å². The quantitative estimate of drug-likeness (QED) is 0.390. The number of allylic oxidation sites excluding steroid dienone is 1. The van der Waals surface area contributed by atoms with Crippen molar-refractivity contribution < 1.29 is 32.1 Å². The van der Waals surface area contributed by atoms with E-state index in [1.165, 1.54) is 0 Å². The highest BCUT2D eigenvalue weighted by atomic mass is 32.2. The van der Waals surface area contributed by atoms with Gasteiger partial charge in [-0.05, 0) is 49.9 Å². The molecular weight excluding hydrogens is 415 g/mol. The van der Waals surface area contributed by atoms with Crippen LogP contribution in [0.2, 0.25) is 0 Å². The third-order valence-corrected chi connectivity index (χ3v) is 7.71. The second-order valence-corrected chi connectivity index (χ2v) is 10.7. The van der Waals surface area contributed by atoms with E-state index in [1.807, 2.05) is 44.2 Å². The maximum absolute atomic E-state index is 11.5. The lowest BCUT2D eigenvalue weighted by molar-refractivity contribution is 0.191. The van der Waals surface area contributed by atoms with Crippen molar-refractivity contribution in [2.24, 2.45) is 0 Å². The Morgan fingerprint density at radius 2 is 1.72 bits per heavy atom. The molecule has 158 valence electrons. The van der Waals surface area contributed by atoms with Crippen LogP contribution in [0.4, 0.5) is 0 Å². The molecule has 0 saturated heterocycles. The van der Waals surface area contributed by atoms with Crippen molar-refractivity contribution >= 4 is 23.8 Å². The van der Waals surface area contributed by atoms with E-state index in [1.54, 1.807) is 30.3 Å². The van der Waals surface area contributed by atoms with Gasteiger partial charge in [0.2, 0.25) is 0 Å². The Bertz CT molecular complexity index is 992. The molecule has 0 aliphatic rings. The lowest BCUT2D eigenvalue weighted by Crippen LogP contribution is -2.22. The molecular formula is C20H25O7PS. The lowest BCUT2D eigenvalue weighted by Gasteiger charge is -2.22. The minimum atomic E-state index is -5.05. The maximum Gasteiger partial charge on any atom is 0.346 e. The highest BCUT2D eigenvalue weighted by Crippen LogP contribution is 2.47. The molecule has 3 N–H and O–H groups in total. The summed E-state index contributed by atoms with van der Waals surface area (Å²) in [6.45, 7) is 3.94. The van der Waals surface area contributed by atoms with Crippen LogP contribution in [0.5, 0.6) is 5.75 Å². The summed E-state index contributed by atoms with van der Waals surface area (Å²) in [6.07, 6.45) is 0.837. The summed E-state index contributed by atoms with van der Waals surface area (Å²) in [5, 5.41) is 0. The minimum absolute atomic E-state index is 0.0214.